The van der Waals surface area contributed by atoms with Crippen LogP contribution in [0.25, 0.3) is 0 Å². The van der Waals surface area contributed by atoms with E-state index in [1.165, 1.54) is 14.0 Å². The summed E-state index contributed by atoms with van der Waals surface area (Å²) in [7, 11) is 1.50. The van der Waals surface area contributed by atoms with Gasteiger partial charge in [-0.1, -0.05) is 24.3 Å². The average molecular weight is 415 g/mol. The Kier molecular flexibility index (Phi) is 6.86. The number of methoxy groups -OCH3 is 1. The SMILES string of the molecule is COc1ccc(NC(=O)c2cccc(OCc3ccccc3C#N)c2)cc1NC(C)=O. The zero-order chi connectivity index (χ0) is 22.2. The Morgan fingerprint density at radius 3 is 2.55 bits per heavy atom. The summed E-state index contributed by atoms with van der Waals surface area (Å²) in [5, 5.41) is 14.7. The van der Waals surface area contributed by atoms with Crippen molar-refractivity contribution in [3.05, 3.63) is 83.4 Å². The molecule has 7 nitrogen and oxygen atoms in total. The number of nitriles is 1. The van der Waals surface area contributed by atoms with Gasteiger partial charge in [-0.25, -0.2) is 0 Å². The van der Waals surface area contributed by atoms with E-state index in [0.29, 0.717) is 34.0 Å². The molecule has 3 aromatic carbocycles. The fraction of sp³-hybridized carbons (Fsp3) is 0.125. The lowest BCUT2D eigenvalue weighted by Crippen LogP contribution is -2.13. The zero-order valence-electron chi connectivity index (χ0n) is 17.1. The molecule has 0 bridgehead atoms. The molecule has 3 rings (SSSR count). The van der Waals surface area contributed by atoms with Gasteiger partial charge in [0.15, 0.2) is 0 Å². The number of anilines is 2. The molecule has 0 heterocycles. The van der Waals surface area contributed by atoms with Crippen LogP contribution in [0, 0.1) is 11.3 Å². The smallest absolute Gasteiger partial charge is 0.255 e. The van der Waals surface area contributed by atoms with Gasteiger partial charge in [-0.2, -0.15) is 5.26 Å². The van der Waals surface area contributed by atoms with Crippen LogP contribution in [-0.2, 0) is 11.4 Å². The monoisotopic (exact) mass is 415 g/mol. The summed E-state index contributed by atoms with van der Waals surface area (Å²) in [6, 6.07) is 21.0. The normalized spacial score (nSPS) is 9.97. The first-order valence-electron chi connectivity index (χ1n) is 9.48. The van der Waals surface area contributed by atoms with Gasteiger partial charge in [-0.3, -0.25) is 9.59 Å². The number of carbonyl (C=O) groups is 2. The predicted molar refractivity (Wildman–Crippen MR) is 117 cm³/mol. The van der Waals surface area contributed by atoms with Crippen LogP contribution < -0.4 is 20.1 Å². The average Bonchev–Trinajstić information content (AvgIpc) is 2.78. The molecule has 7 heteroatoms. The van der Waals surface area contributed by atoms with Crippen LogP contribution in [0.4, 0.5) is 11.4 Å². The number of nitrogens with one attached hydrogen (secondary N) is 2. The van der Waals surface area contributed by atoms with Gasteiger partial charge in [0, 0.05) is 23.7 Å². The van der Waals surface area contributed by atoms with Crippen molar-refractivity contribution in [2.24, 2.45) is 0 Å². The lowest BCUT2D eigenvalue weighted by molar-refractivity contribution is -0.114. The summed E-state index contributed by atoms with van der Waals surface area (Å²) in [5.74, 6) is 0.418. The van der Waals surface area contributed by atoms with Crippen molar-refractivity contribution in [2.45, 2.75) is 13.5 Å². The topological polar surface area (TPSA) is 100 Å². The molecular weight excluding hydrogens is 394 g/mol. The van der Waals surface area contributed by atoms with Gasteiger partial charge in [0.2, 0.25) is 5.91 Å². The maximum atomic E-state index is 12.7. The Morgan fingerprint density at radius 1 is 1.00 bits per heavy atom. The number of carbonyl (C=O) groups excluding carboxylic acids is 2. The van der Waals surface area contributed by atoms with Gasteiger partial charge in [-0.15, -0.1) is 0 Å². The third kappa shape index (κ3) is 5.61. The molecule has 31 heavy (non-hydrogen) atoms. The van der Waals surface area contributed by atoms with Crippen LogP contribution in [0.5, 0.6) is 11.5 Å². The molecule has 0 saturated heterocycles. The second-order valence-electron chi connectivity index (χ2n) is 6.64. The summed E-state index contributed by atoms with van der Waals surface area (Å²) in [5.41, 5.74) is 2.68. The molecule has 0 radical (unpaired) electrons. The van der Waals surface area contributed by atoms with Crippen molar-refractivity contribution in [2.75, 3.05) is 17.7 Å². The fourth-order valence-corrected chi connectivity index (χ4v) is 2.92. The Balaban J connectivity index is 1.72. The highest BCUT2D eigenvalue weighted by Crippen LogP contribution is 2.28. The second-order valence-corrected chi connectivity index (χ2v) is 6.64. The fourth-order valence-electron chi connectivity index (χ4n) is 2.92. The molecule has 0 aliphatic heterocycles. The molecule has 0 atom stereocenters. The molecule has 2 N–H and O–H groups in total. The van der Waals surface area contributed by atoms with Crippen LogP contribution in [0.2, 0.25) is 0 Å². The first-order valence-corrected chi connectivity index (χ1v) is 9.48. The lowest BCUT2D eigenvalue weighted by atomic mass is 10.1. The van der Waals surface area contributed by atoms with E-state index < -0.39 is 0 Å². The maximum Gasteiger partial charge on any atom is 0.255 e. The van der Waals surface area contributed by atoms with Crippen LogP contribution in [0.1, 0.15) is 28.4 Å². The summed E-state index contributed by atoms with van der Waals surface area (Å²) in [4.78, 5) is 24.1. The minimum absolute atomic E-state index is 0.216. The predicted octanol–water partition coefficient (Wildman–Crippen LogP) is 4.36. The molecule has 156 valence electrons. The number of hydrogen-bond acceptors (Lipinski definition) is 5. The van der Waals surface area contributed by atoms with E-state index in [4.69, 9.17) is 9.47 Å². The van der Waals surface area contributed by atoms with Gasteiger partial charge in [-0.05, 0) is 42.5 Å². The zero-order valence-corrected chi connectivity index (χ0v) is 17.1. The van der Waals surface area contributed by atoms with Crippen molar-refractivity contribution >= 4 is 23.2 Å². The van der Waals surface area contributed by atoms with Gasteiger partial charge in [0.1, 0.15) is 18.1 Å². The van der Waals surface area contributed by atoms with Crippen molar-refractivity contribution in [3.8, 4) is 17.6 Å². The third-order valence-corrected chi connectivity index (χ3v) is 4.40. The highest BCUT2D eigenvalue weighted by atomic mass is 16.5. The van der Waals surface area contributed by atoms with Crippen molar-refractivity contribution in [1.29, 1.82) is 5.26 Å². The lowest BCUT2D eigenvalue weighted by Gasteiger charge is -2.12. The Labute approximate surface area is 180 Å². The van der Waals surface area contributed by atoms with Crippen molar-refractivity contribution < 1.29 is 19.1 Å². The number of amides is 2. The number of benzene rings is 3. The summed E-state index contributed by atoms with van der Waals surface area (Å²) >= 11 is 0. The molecule has 0 aliphatic rings. The number of rotatable bonds is 7. The summed E-state index contributed by atoms with van der Waals surface area (Å²) < 4.78 is 11.0. The minimum Gasteiger partial charge on any atom is -0.495 e. The quantitative estimate of drug-likeness (QED) is 0.597. The van der Waals surface area contributed by atoms with Crippen LogP contribution in [0.15, 0.2) is 66.7 Å². The van der Waals surface area contributed by atoms with Crippen molar-refractivity contribution in [3.63, 3.8) is 0 Å². The summed E-state index contributed by atoms with van der Waals surface area (Å²) in [6.07, 6.45) is 0. The highest BCUT2D eigenvalue weighted by molar-refractivity contribution is 6.05. The van der Waals surface area contributed by atoms with Gasteiger partial charge in [0.05, 0.1) is 24.4 Å². The molecular formula is C24H21N3O4. The number of ether oxygens (including phenoxy) is 2. The molecule has 0 spiro atoms. The van der Waals surface area contributed by atoms with E-state index in [-0.39, 0.29) is 18.4 Å². The van der Waals surface area contributed by atoms with Crippen LogP contribution in [0.3, 0.4) is 0 Å². The van der Waals surface area contributed by atoms with E-state index in [2.05, 4.69) is 16.7 Å². The molecule has 0 aliphatic carbocycles. The number of nitrogens with zero attached hydrogens (tertiary/aromatic N) is 1. The maximum absolute atomic E-state index is 12.7. The molecule has 2 amide bonds. The van der Waals surface area contributed by atoms with Gasteiger partial charge in [0.25, 0.3) is 5.91 Å². The highest BCUT2D eigenvalue weighted by Gasteiger charge is 2.11. The summed E-state index contributed by atoms with van der Waals surface area (Å²) in [6.45, 7) is 1.61. The molecule has 0 unspecified atom stereocenters. The van der Waals surface area contributed by atoms with E-state index in [1.54, 1.807) is 54.6 Å². The first-order chi connectivity index (χ1) is 15.0. The molecule has 0 saturated carbocycles. The van der Waals surface area contributed by atoms with Gasteiger partial charge < -0.3 is 20.1 Å². The molecule has 0 fully saturated rings. The second kappa shape index (κ2) is 9.94. The standard InChI is InChI=1S/C24H21N3O4/c1-16(28)26-22-13-20(10-11-23(22)30-2)27-24(29)17-8-5-9-21(12-17)31-15-19-7-4-3-6-18(19)14-25/h3-13H,15H2,1-2H3,(H,26,28)(H,27,29). The largest absolute Gasteiger partial charge is 0.495 e. The molecule has 3 aromatic rings. The van der Waals surface area contributed by atoms with E-state index >= 15 is 0 Å². The Morgan fingerprint density at radius 2 is 1.81 bits per heavy atom. The Bertz CT molecular complexity index is 1150. The van der Waals surface area contributed by atoms with Gasteiger partial charge >= 0.3 is 0 Å². The Hall–Kier alpha value is -4.31. The van der Waals surface area contributed by atoms with E-state index in [0.717, 1.165) is 5.56 Å². The van der Waals surface area contributed by atoms with E-state index in [1.807, 2.05) is 12.1 Å². The van der Waals surface area contributed by atoms with Crippen molar-refractivity contribution in [1.82, 2.24) is 0 Å². The van der Waals surface area contributed by atoms with E-state index in [9.17, 15) is 14.9 Å². The molecule has 0 aromatic heterocycles. The number of hydrogen-bond donors (Lipinski definition) is 2. The first kappa shape index (κ1) is 21.4. The third-order valence-electron chi connectivity index (χ3n) is 4.40. The van der Waals surface area contributed by atoms with Crippen LogP contribution >= 0.6 is 0 Å². The minimum atomic E-state index is -0.332. The van der Waals surface area contributed by atoms with Crippen LogP contribution in [-0.4, -0.2) is 18.9 Å².